The summed E-state index contributed by atoms with van der Waals surface area (Å²) >= 11 is 9.72. The molecule has 0 aliphatic carbocycles. The van der Waals surface area contributed by atoms with Crippen LogP contribution in [-0.2, 0) is 0 Å². The highest BCUT2D eigenvalue weighted by atomic mass is 32.2. The van der Waals surface area contributed by atoms with Crippen LogP contribution in [0, 0.1) is 0 Å². The normalized spacial score (nSPS) is 10.8. The molecule has 0 saturated heterocycles. The minimum Gasteiger partial charge on any atom is -0.260 e. The van der Waals surface area contributed by atoms with E-state index in [9.17, 15) is 0 Å². The predicted octanol–water partition coefficient (Wildman–Crippen LogP) is 2.67. The molecular weight excluding hydrogens is 232 g/mol. The molecule has 0 amide bonds. The molecular formula is C9H14N2S3. The van der Waals surface area contributed by atoms with Crippen LogP contribution in [0.2, 0.25) is 0 Å². The van der Waals surface area contributed by atoms with Gasteiger partial charge in [0.05, 0.1) is 0 Å². The van der Waals surface area contributed by atoms with E-state index in [1.54, 1.807) is 15.7 Å². The molecule has 0 aliphatic heterocycles. The lowest BCUT2D eigenvalue weighted by Crippen LogP contribution is -2.11. The average Bonchev–Trinajstić information content (AvgIpc) is 2.18. The average molecular weight is 246 g/mol. The van der Waals surface area contributed by atoms with Gasteiger partial charge in [-0.25, -0.2) is 0 Å². The van der Waals surface area contributed by atoms with Gasteiger partial charge in [0.15, 0.2) is 0 Å². The summed E-state index contributed by atoms with van der Waals surface area (Å²) in [6, 6.07) is 10.3. The molecule has 1 rings (SSSR count). The quantitative estimate of drug-likeness (QED) is 0.407. The monoisotopic (exact) mass is 246 g/mol. The maximum atomic E-state index is 4.03. The summed E-state index contributed by atoms with van der Waals surface area (Å²) in [4.78, 5) is 1.24. The van der Waals surface area contributed by atoms with Crippen LogP contribution in [0.25, 0.3) is 0 Å². The lowest BCUT2D eigenvalue weighted by molar-refractivity contribution is 0.677. The molecule has 1 aromatic rings. The van der Waals surface area contributed by atoms with Gasteiger partial charge in [-0.05, 0) is 30.5 Å². The Hall–Kier alpha value is 0.190. The molecule has 0 fully saturated rings. The molecule has 2 nitrogen and oxygen atoms in total. The van der Waals surface area contributed by atoms with Gasteiger partial charge in [0.2, 0.25) is 0 Å². The van der Waals surface area contributed by atoms with E-state index in [1.807, 2.05) is 18.2 Å². The van der Waals surface area contributed by atoms with Gasteiger partial charge in [-0.1, -0.05) is 43.8 Å². The van der Waals surface area contributed by atoms with Crippen LogP contribution in [0.1, 0.15) is 6.42 Å². The molecule has 0 aromatic heterocycles. The number of thiol groups is 2. The fourth-order valence-electron chi connectivity index (χ4n) is 0.916. The summed E-state index contributed by atoms with van der Waals surface area (Å²) in [5.41, 5.74) is 0. The van der Waals surface area contributed by atoms with Gasteiger partial charge in [0, 0.05) is 18.0 Å². The first-order valence-corrected chi connectivity index (χ1v) is 6.01. The van der Waals surface area contributed by atoms with E-state index in [0.717, 1.165) is 19.5 Å². The summed E-state index contributed by atoms with van der Waals surface area (Å²) in [5.74, 6) is 0. The van der Waals surface area contributed by atoms with E-state index in [0.29, 0.717) is 0 Å². The molecule has 0 spiro atoms. The zero-order valence-electron chi connectivity index (χ0n) is 7.76. The van der Waals surface area contributed by atoms with Crippen LogP contribution >= 0.6 is 37.6 Å². The topological polar surface area (TPSA) is 15.3 Å². The van der Waals surface area contributed by atoms with Gasteiger partial charge in [-0.2, -0.15) is 3.71 Å². The van der Waals surface area contributed by atoms with Gasteiger partial charge in [-0.3, -0.25) is 4.72 Å². The SMILES string of the molecule is SN(S)CCCNSc1ccccc1. The first kappa shape index (κ1) is 12.3. The third-order valence-corrected chi connectivity index (χ3v) is 2.83. The number of hydrogen-bond donors (Lipinski definition) is 3. The van der Waals surface area contributed by atoms with Crippen molar-refractivity contribution in [3.8, 4) is 0 Å². The third kappa shape index (κ3) is 5.82. The van der Waals surface area contributed by atoms with Crippen LogP contribution in [0.3, 0.4) is 0 Å². The Bertz CT molecular complexity index is 241. The fraction of sp³-hybridized carbons (Fsp3) is 0.333. The largest absolute Gasteiger partial charge is 0.260 e. The first-order chi connectivity index (χ1) is 6.79. The highest BCUT2D eigenvalue weighted by molar-refractivity contribution is 7.97. The Morgan fingerprint density at radius 3 is 2.57 bits per heavy atom. The number of nitrogens with zero attached hydrogens (tertiary/aromatic N) is 1. The summed E-state index contributed by atoms with van der Waals surface area (Å²) in [6.45, 7) is 1.83. The summed E-state index contributed by atoms with van der Waals surface area (Å²) in [5, 5.41) is 0. The summed E-state index contributed by atoms with van der Waals surface area (Å²) < 4.78 is 4.87. The van der Waals surface area contributed by atoms with Crippen LogP contribution in [0.15, 0.2) is 35.2 Å². The molecule has 0 aliphatic rings. The molecule has 14 heavy (non-hydrogen) atoms. The Morgan fingerprint density at radius 1 is 1.21 bits per heavy atom. The highest BCUT2D eigenvalue weighted by Gasteiger charge is 1.93. The molecule has 1 aromatic carbocycles. The maximum Gasteiger partial charge on any atom is 0.0228 e. The van der Waals surface area contributed by atoms with Gasteiger partial charge in [0.1, 0.15) is 0 Å². The number of hydrogen-bond acceptors (Lipinski definition) is 5. The number of rotatable bonds is 6. The molecule has 0 bridgehead atoms. The van der Waals surface area contributed by atoms with E-state index < -0.39 is 0 Å². The van der Waals surface area contributed by atoms with E-state index >= 15 is 0 Å². The smallest absolute Gasteiger partial charge is 0.0228 e. The Kier molecular flexibility index (Phi) is 6.55. The molecule has 0 saturated carbocycles. The first-order valence-electron chi connectivity index (χ1n) is 4.39. The van der Waals surface area contributed by atoms with Crippen LogP contribution < -0.4 is 4.72 Å². The van der Waals surface area contributed by atoms with Crippen molar-refractivity contribution in [1.82, 2.24) is 8.43 Å². The van der Waals surface area contributed by atoms with Crippen molar-refractivity contribution in [2.45, 2.75) is 11.3 Å². The van der Waals surface area contributed by atoms with Crippen molar-refractivity contribution in [3.05, 3.63) is 30.3 Å². The summed E-state index contributed by atoms with van der Waals surface area (Å²) in [6.07, 6.45) is 1.03. The zero-order valence-corrected chi connectivity index (χ0v) is 10.4. The molecule has 5 heteroatoms. The van der Waals surface area contributed by atoms with E-state index in [4.69, 9.17) is 0 Å². The number of benzene rings is 1. The molecule has 1 N–H and O–H groups in total. The zero-order chi connectivity index (χ0) is 10.2. The molecule has 78 valence electrons. The Morgan fingerprint density at radius 2 is 1.93 bits per heavy atom. The minimum atomic E-state index is 0.870. The van der Waals surface area contributed by atoms with Crippen LogP contribution in [0.5, 0.6) is 0 Å². The predicted molar refractivity (Wildman–Crippen MR) is 69.6 cm³/mol. The van der Waals surface area contributed by atoms with Gasteiger partial charge >= 0.3 is 0 Å². The van der Waals surface area contributed by atoms with Crippen molar-refractivity contribution >= 4 is 37.6 Å². The van der Waals surface area contributed by atoms with Crippen molar-refractivity contribution in [1.29, 1.82) is 0 Å². The lowest BCUT2D eigenvalue weighted by Gasteiger charge is -2.07. The molecule has 0 heterocycles. The van der Waals surface area contributed by atoms with Crippen molar-refractivity contribution in [3.63, 3.8) is 0 Å². The van der Waals surface area contributed by atoms with Gasteiger partial charge < -0.3 is 0 Å². The van der Waals surface area contributed by atoms with Crippen molar-refractivity contribution in [2.24, 2.45) is 0 Å². The maximum absolute atomic E-state index is 4.03. The second-order valence-corrected chi connectivity index (χ2v) is 5.00. The molecule has 0 radical (unpaired) electrons. The second kappa shape index (κ2) is 7.48. The van der Waals surface area contributed by atoms with Crippen LogP contribution in [-0.4, -0.2) is 16.8 Å². The van der Waals surface area contributed by atoms with Gasteiger partial charge in [0.25, 0.3) is 0 Å². The minimum absolute atomic E-state index is 0.870. The fourth-order valence-corrected chi connectivity index (χ4v) is 1.90. The van der Waals surface area contributed by atoms with Crippen LogP contribution in [0.4, 0.5) is 0 Å². The third-order valence-electron chi connectivity index (χ3n) is 1.57. The summed E-state index contributed by atoms with van der Waals surface area (Å²) in [7, 11) is 0. The Balaban J connectivity index is 2.05. The van der Waals surface area contributed by atoms with E-state index in [1.165, 1.54) is 4.90 Å². The van der Waals surface area contributed by atoms with E-state index in [2.05, 4.69) is 42.5 Å². The molecule has 0 atom stereocenters. The lowest BCUT2D eigenvalue weighted by atomic mass is 10.4. The Labute approximate surface area is 101 Å². The van der Waals surface area contributed by atoms with E-state index in [-0.39, 0.29) is 0 Å². The van der Waals surface area contributed by atoms with Gasteiger partial charge in [-0.15, -0.1) is 0 Å². The second-order valence-electron chi connectivity index (χ2n) is 2.76. The number of nitrogens with one attached hydrogen (secondary N) is 1. The van der Waals surface area contributed by atoms with Crippen molar-refractivity contribution < 1.29 is 0 Å². The standard InChI is InChI=1S/C9H14N2S3/c12-11(13)8-4-7-10-14-9-5-2-1-3-6-9/h1-3,5-6,10,12-13H,4,7-8H2. The van der Waals surface area contributed by atoms with Crippen molar-refractivity contribution in [2.75, 3.05) is 13.1 Å². The molecule has 0 unspecified atom stereocenters. The highest BCUT2D eigenvalue weighted by Crippen LogP contribution is 2.12.